The van der Waals surface area contributed by atoms with Gasteiger partial charge in [-0.15, -0.1) is 0 Å². The SMILES string of the molecule is CC(C)(Nc1ccc(Cl)cc1[N+](=O)[O-])C(=O)O. The molecule has 0 radical (unpaired) electrons. The Morgan fingerprint density at radius 3 is 2.59 bits per heavy atom. The van der Waals surface area contributed by atoms with Crippen molar-refractivity contribution in [3.8, 4) is 0 Å². The molecule has 7 heteroatoms. The number of carboxylic acids is 1. The van der Waals surface area contributed by atoms with Gasteiger partial charge >= 0.3 is 5.97 Å². The topological polar surface area (TPSA) is 92.5 Å². The number of rotatable bonds is 4. The van der Waals surface area contributed by atoms with E-state index in [-0.39, 0.29) is 16.4 Å². The molecule has 17 heavy (non-hydrogen) atoms. The van der Waals surface area contributed by atoms with E-state index in [1.807, 2.05) is 0 Å². The van der Waals surface area contributed by atoms with E-state index in [0.29, 0.717) is 0 Å². The van der Waals surface area contributed by atoms with Crippen LogP contribution in [-0.2, 0) is 4.79 Å². The maximum Gasteiger partial charge on any atom is 0.328 e. The minimum atomic E-state index is -1.31. The number of carbonyl (C=O) groups is 1. The van der Waals surface area contributed by atoms with Crippen molar-refractivity contribution < 1.29 is 14.8 Å². The normalized spacial score (nSPS) is 11.0. The number of nitrogens with one attached hydrogen (secondary N) is 1. The third-order valence-corrected chi connectivity index (χ3v) is 2.37. The third-order valence-electron chi connectivity index (χ3n) is 2.14. The summed E-state index contributed by atoms with van der Waals surface area (Å²) in [5.74, 6) is -1.11. The zero-order chi connectivity index (χ0) is 13.2. The van der Waals surface area contributed by atoms with Crippen LogP contribution in [0.2, 0.25) is 5.02 Å². The predicted molar refractivity (Wildman–Crippen MR) is 63.4 cm³/mol. The lowest BCUT2D eigenvalue weighted by atomic mass is 10.1. The van der Waals surface area contributed by atoms with Crippen molar-refractivity contribution in [1.29, 1.82) is 0 Å². The molecule has 0 saturated carbocycles. The molecule has 1 aromatic rings. The third kappa shape index (κ3) is 3.07. The molecule has 0 aliphatic carbocycles. The Morgan fingerprint density at radius 2 is 2.12 bits per heavy atom. The van der Waals surface area contributed by atoms with Crippen molar-refractivity contribution >= 4 is 28.9 Å². The Morgan fingerprint density at radius 1 is 1.53 bits per heavy atom. The van der Waals surface area contributed by atoms with E-state index < -0.39 is 16.4 Å². The number of nitro benzene ring substituents is 1. The maximum atomic E-state index is 10.9. The first kappa shape index (κ1) is 13.2. The molecule has 0 aliphatic rings. The summed E-state index contributed by atoms with van der Waals surface area (Å²) >= 11 is 5.65. The van der Waals surface area contributed by atoms with Crippen LogP contribution in [0.25, 0.3) is 0 Å². The molecule has 0 spiro atoms. The lowest BCUT2D eigenvalue weighted by Gasteiger charge is -2.22. The zero-order valence-electron chi connectivity index (χ0n) is 9.23. The van der Waals surface area contributed by atoms with Crippen molar-refractivity contribution in [3.63, 3.8) is 0 Å². The van der Waals surface area contributed by atoms with Gasteiger partial charge in [0.2, 0.25) is 0 Å². The van der Waals surface area contributed by atoms with E-state index in [2.05, 4.69) is 5.32 Å². The summed E-state index contributed by atoms with van der Waals surface area (Å²) in [4.78, 5) is 21.1. The first-order chi connectivity index (χ1) is 7.74. The van der Waals surface area contributed by atoms with Crippen LogP contribution in [0.5, 0.6) is 0 Å². The quantitative estimate of drug-likeness (QED) is 0.639. The van der Waals surface area contributed by atoms with Gasteiger partial charge in [0.15, 0.2) is 0 Å². The van der Waals surface area contributed by atoms with Crippen LogP contribution in [-0.4, -0.2) is 21.5 Å². The molecule has 0 heterocycles. The van der Waals surface area contributed by atoms with E-state index in [4.69, 9.17) is 16.7 Å². The van der Waals surface area contributed by atoms with Crippen LogP contribution in [0.4, 0.5) is 11.4 Å². The van der Waals surface area contributed by atoms with Crippen molar-refractivity contribution in [2.24, 2.45) is 0 Å². The molecule has 0 unspecified atom stereocenters. The molecule has 0 atom stereocenters. The van der Waals surface area contributed by atoms with Crippen molar-refractivity contribution in [2.45, 2.75) is 19.4 Å². The van der Waals surface area contributed by atoms with Gasteiger partial charge in [-0.2, -0.15) is 0 Å². The minimum Gasteiger partial charge on any atom is -0.480 e. The predicted octanol–water partition coefficient (Wildman–Crippen LogP) is 2.52. The van der Waals surface area contributed by atoms with Gasteiger partial charge < -0.3 is 10.4 Å². The Balaban J connectivity index is 3.15. The van der Waals surface area contributed by atoms with Crippen LogP contribution in [0.1, 0.15) is 13.8 Å². The van der Waals surface area contributed by atoms with Gasteiger partial charge in [-0.1, -0.05) is 11.6 Å². The van der Waals surface area contributed by atoms with E-state index in [1.165, 1.54) is 32.0 Å². The van der Waals surface area contributed by atoms with Crippen molar-refractivity contribution in [1.82, 2.24) is 0 Å². The number of nitrogens with zero attached hydrogens (tertiary/aromatic N) is 1. The van der Waals surface area contributed by atoms with Crippen LogP contribution in [0.15, 0.2) is 18.2 Å². The number of anilines is 1. The van der Waals surface area contributed by atoms with Gasteiger partial charge in [0.1, 0.15) is 11.2 Å². The number of nitro groups is 1. The molecular formula is C10H11ClN2O4. The Labute approximate surface area is 102 Å². The smallest absolute Gasteiger partial charge is 0.328 e. The van der Waals surface area contributed by atoms with Gasteiger partial charge in [0, 0.05) is 11.1 Å². The van der Waals surface area contributed by atoms with Crippen LogP contribution < -0.4 is 5.32 Å². The molecule has 2 N–H and O–H groups in total. The van der Waals surface area contributed by atoms with Gasteiger partial charge in [-0.25, -0.2) is 4.79 Å². The summed E-state index contributed by atoms with van der Waals surface area (Å²) in [6.45, 7) is 2.82. The summed E-state index contributed by atoms with van der Waals surface area (Å²) in [7, 11) is 0. The zero-order valence-corrected chi connectivity index (χ0v) is 9.99. The molecule has 1 rings (SSSR count). The molecule has 6 nitrogen and oxygen atoms in total. The highest BCUT2D eigenvalue weighted by Crippen LogP contribution is 2.29. The Bertz CT molecular complexity index is 473. The van der Waals surface area contributed by atoms with Gasteiger partial charge in [0.25, 0.3) is 5.69 Å². The molecule has 0 aromatic heterocycles. The molecule has 0 bridgehead atoms. The molecule has 0 aliphatic heterocycles. The lowest BCUT2D eigenvalue weighted by molar-refractivity contribution is -0.384. The second-order valence-electron chi connectivity index (χ2n) is 3.97. The summed E-state index contributed by atoms with van der Waals surface area (Å²) in [5, 5.41) is 22.5. The molecular weight excluding hydrogens is 248 g/mol. The number of hydrogen-bond donors (Lipinski definition) is 2. The van der Waals surface area contributed by atoms with Crippen LogP contribution in [0.3, 0.4) is 0 Å². The fraction of sp³-hybridized carbons (Fsp3) is 0.300. The number of benzene rings is 1. The van der Waals surface area contributed by atoms with Crippen LogP contribution >= 0.6 is 11.6 Å². The Hall–Kier alpha value is -1.82. The van der Waals surface area contributed by atoms with Gasteiger partial charge in [-0.3, -0.25) is 10.1 Å². The summed E-state index contributed by atoms with van der Waals surface area (Å²) < 4.78 is 0. The molecule has 0 saturated heterocycles. The molecule has 0 amide bonds. The monoisotopic (exact) mass is 258 g/mol. The first-order valence-corrected chi connectivity index (χ1v) is 5.07. The highest BCUT2D eigenvalue weighted by atomic mass is 35.5. The van der Waals surface area contributed by atoms with Crippen molar-refractivity contribution in [3.05, 3.63) is 33.3 Å². The highest BCUT2D eigenvalue weighted by Gasteiger charge is 2.29. The van der Waals surface area contributed by atoms with E-state index in [1.54, 1.807) is 0 Å². The maximum absolute atomic E-state index is 10.9. The fourth-order valence-electron chi connectivity index (χ4n) is 1.15. The standard InChI is InChI=1S/C10H11ClN2O4/c1-10(2,9(14)15)12-7-4-3-6(11)5-8(7)13(16)17/h3-5,12H,1-2H3,(H,14,15). The summed E-state index contributed by atoms with van der Waals surface area (Å²) in [6, 6.07) is 4.00. The summed E-state index contributed by atoms with van der Waals surface area (Å²) in [5.41, 5.74) is -1.45. The van der Waals surface area contributed by atoms with Gasteiger partial charge in [0.05, 0.1) is 4.92 Å². The second-order valence-corrected chi connectivity index (χ2v) is 4.41. The van der Waals surface area contributed by atoms with Crippen molar-refractivity contribution in [2.75, 3.05) is 5.32 Å². The Kier molecular flexibility index (Phi) is 3.57. The van der Waals surface area contributed by atoms with E-state index >= 15 is 0 Å². The fourth-order valence-corrected chi connectivity index (χ4v) is 1.32. The highest BCUT2D eigenvalue weighted by molar-refractivity contribution is 6.30. The minimum absolute atomic E-state index is 0.117. The number of hydrogen-bond acceptors (Lipinski definition) is 4. The second kappa shape index (κ2) is 4.58. The molecule has 0 fully saturated rings. The molecule has 1 aromatic carbocycles. The largest absolute Gasteiger partial charge is 0.480 e. The van der Waals surface area contributed by atoms with E-state index in [0.717, 1.165) is 0 Å². The van der Waals surface area contributed by atoms with Crippen LogP contribution in [0, 0.1) is 10.1 Å². The first-order valence-electron chi connectivity index (χ1n) is 4.69. The number of aliphatic carboxylic acids is 1. The average molecular weight is 259 g/mol. The average Bonchev–Trinajstić information content (AvgIpc) is 2.19. The number of carboxylic acid groups (broad SMARTS) is 1. The summed E-state index contributed by atoms with van der Waals surface area (Å²) in [6.07, 6.45) is 0. The lowest BCUT2D eigenvalue weighted by Crippen LogP contribution is -2.40. The van der Waals surface area contributed by atoms with E-state index in [9.17, 15) is 14.9 Å². The number of halogens is 1. The molecule has 92 valence electrons. The van der Waals surface area contributed by atoms with Gasteiger partial charge in [-0.05, 0) is 26.0 Å².